The third-order valence-electron chi connectivity index (χ3n) is 5.60. The molecule has 0 aliphatic carbocycles. The summed E-state index contributed by atoms with van der Waals surface area (Å²) in [6.45, 7) is -0.0566. The molecule has 0 bridgehead atoms. The molecule has 0 aliphatic heterocycles. The fourth-order valence-electron chi connectivity index (χ4n) is 3.88. The number of rotatable bonds is 7. The van der Waals surface area contributed by atoms with E-state index in [2.05, 4.69) is 5.32 Å². The van der Waals surface area contributed by atoms with Gasteiger partial charge in [0.15, 0.2) is 0 Å². The van der Waals surface area contributed by atoms with Crippen molar-refractivity contribution in [2.24, 2.45) is 0 Å². The number of ether oxygens (including phenoxy) is 1. The molecule has 1 heterocycles. The number of sulfone groups is 1. The number of carbonyl (C=O) groups is 1. The molecule has 0 spiro atoms. The smallest absolute Gasteiger partial charge is 0.244 e. The molecule has 0 radical (unpaired) electrons. The summed E-state index contributed by atoms with van der Waals surface area (Å²) in [5.41, 5.74) is 1.25. The molecule has 4 aromatic carbocycles. The van der Waals surface area contributed by atoms with Gasteiger partial charge in [-0.2, -0.15) is 0 Å². The van der Waals surface area contributed by atoms with Gasteiger partial charge in [0.1, 0.15) is 18.0 Å². The highest BCUT2D eigenvalue weighted by Gasteiger charge is 2.24. The van der Waals surface area contributed by atoms with Gasteiger partial charge in [-0.1, -0.05) is 48.0 Å². The Morgan fingerprint density at radius 3 is 2.17 bits per heavy atom. The van der Waals surface area contributed by atoms with Gasteiger partial charge in [-0.3, -0.25) is 4.79 Å². The normalized spacial score (nSPS) is 11.4. The zero-order chi connectivity index (χ0) is 25.1. The summed E-state index contributed by atoms with van der Waals surface area (Å²) in [4.78, 5) is 13.1. The van der Waals surface area contributed by atoms with E-state index >= 15 is 0 Å². The van der Waals surface area contributed by atoms with Gasteiger partial charge in [0.05, 0.1) is 9.79 Å². The van der Waals surface area contributed by atoms with Crippen LogP contribution in [0.3, 0.4) is 0 Å². The average Bonchev–Trinajstić information content (AvgIpc) is 3.25. The Morgan fingerprint density at radius 2 is 1.44 bits per heavy atom. The molecule has 6 nitrogen and oxygen atoms in total. The van der Waals surface area contributed by atoms with Gasteiger partial charge in [0.2, 0.25) is 15.7 Å². The number of aromatic nitrogens is 1. The number of halogens is 1. The number of nitrogens with zero attached hydrogens (tertiary/aromatic N) is 1. The second-order valence-electron chi connectivity index (χ2n) is 8.08. The molecule has 180 valence electrons. The van der Waals surface area contributed by atoms with Crippen LogP contribution in [-0.2, 0) is 21.2 Å². The van der Waals surface area contributed by atoms with Crippen LogP contribution in [0.25, 0.3) is 10.9 Å². The van der Waals surface area contributed by atoms with Gasteiger partial charge in [-0.15, -0.1) is 0 Å². The highest BCUT2D eigenvalue weighted by atomic mass is 35.5. The van der Waals surface area contributed by atoms with Crippen molar-refractivity contribution in [1.29, 1.82) is 0 Å². The summed E-state index contributed by atoms with van der Waals surface area (Å²) in [6.07, 6.45) is 1.50. The molecule has 0 unspecified atom stereocenters. The molecule has 8 heteroatoms. The SMILES string of the molecule is O=C(Cn1cc(S(=O)(=O)c2ccc(Cl)cc2)c2ccccc21)Nc1ccc(Oc2ccccc2)cc1. The van der Waals surface area contributed by atoms with Gasteiger partial charge >= 0.3 is 0 Å². The number of para-hydroxylation sites is 2. The van der Waals surface area contributed by atoms with Crippen LogP contribution in [0.2, 0.25) is 5.02 Å². The van der Waals surface area contributed by atoms with E-state index in [0.29, 0.717) is 27.4 Å². The predicted octanol–water partition coefficient (Wildman–Crippen LogP) is 6.56. The monoisotopic (exact) mass is 516 g/mol. The standard InChI is InChI=1S/C28H21ClN2O4S/c29-20-10-16-24(17-11-20)36(33,34)27-18-31(26-9-5-4-8-25(26)27)19-28(32)30-21-12-14-23(15-13-21)35-22-6-2-1-3-7-22/h1-18H,19H2,(H,30,32). The molecule has 36 heavy (non-hydrogen) atoms. The van der Waals surface area contributed by atoms with Crippen LogP contribution in [0.5, 0.6) is 11.5 Å². The van der Waals surface area contributed by atoms with E-state index in [1.54, 1.807) is 53.1 Å². The van der Waals surface area contributed by atoms with E-state index in [4.69, 9.17) is 16.3 Å². The van der Waals surface area contributed by atoms with Crippen LogP contribution in [0.15, 0.2) is 119 Å². The molecule has 0 fully saturated rings. The molecular weight excluding hydrogens is 496 g/mol. The number of carbonyl (C=O) groups excluding carboxylic acids is 1. The number of benzene rings is 4. The maximum Gasteiger partial charge on any atom is 0.244 e. The first-order valence-corrected chi connectivity index (χ1v) is 13.0. The maximum atomic E-state index is 13.3. The van der Waals surface area contributed by atoms with Crippen molar-refractivity contribution in [2.45, 2.75) is 16.3 Å². The largest absolute Gasteiger partial charge is 0.457 e. The van der Waals surface area contributed by atoms with Crippen molar-refractivity contribution in [2.75, 3.05) is 5.32 Å². The number of anilines is 1. The number of hydrogen-bond donors (Lipinski definition) is 1. The van der Waals surface area contributed by atoms with Crippen LogP contribution in [0, 0.1) is 0 Å². The Bertz CT molecular complexity index is 1630. The quantitative estimate of drug-likeness (QED) is 0.266. The number of hydrogen-bond acceptors (Lipinski definition) is 4. The molecule has 0 saturated heterocycles. The lowest BCUT2D eigenvalue weighted by molar-refractivity contribution is -0.116. The van der Waals surface area contributed by atoms with Gasteiger partial charge in [0.25, 0.3) is 0 Å². The van der Waals surface area contributed by atoms with E-state index in [1.165, 1.54) is 30.5 Å². The summed E-state index contributed by atoms with van der Waals surface area (Å²) in [6, 6.07) is 29.6. The summed E-state index contributed by atoms with van der Waals surface area (Å²) in [7, 11) is -3.81. The summed E-state index contributed by atoms with van der Waals surface area (Å²) in [5.74, 6) is 1.08. The Morgan fingerprint density at radius 1 is 0.806 bits per heavy atom. The molecule has 0 saturated carbocycles. The van der Waals surface area contributed by atoms with Crippen LogP contribution < -0.4 is 10.1 Å². The highest BCUT2D eigenvalue weighted by molar-refractivity contribution is 7.91. The number of amides is 1. The van der Waals surface area contributed by atoms with Crippen molar-refractivity contribution in [3.8, 4) is 11.5 Å². The number of nitrogens with one attached hydrogen (secondary N) is 1. The van der Waals surface area contributed by atoms with Crippen molar-refractivity contribution in [3.05, 3.63) is 114 Å². The Balaban J connectivity index is 1.35. The molecule has 0 aliphatic rings. The lowest BCUT2D eigenvalue weighted by Gasteiger charge is -2.09. The minimum Gasteiger partial charge on any atom is -0.457 e. The van der Waals surface area contributed by atoms with Crippen LogP contribution in [-0.4, -0.2) is 18.9 Å². The maximum absolute atomic E-state index is 13.3. The lowest BCUT2D eigenvalue weighted by atomic mass is 10.2. The topological polar surface area (TPSA) is 77.4 Å². The molecule has 5 rings (SSSR count). The highest BCUT2D eigenvalue weighted by Crippen LogP contribution is 2.31. The van der Waals surface area contributed by atoms with Crippen molar-refractivity contribution < 1.29 is 17.9 Å². The van der Waals surface area contributed by atoms with E-state index in [-0.39, 0.29) is 22.2 Å². The Labute approximate surface area is 213 Å². The van der Waals surface area contributed by atoms with Crippen molar-refractivity contribution in [3.63, 3.8) is 0 Å². The van der Waals surface area contributed by atoms with E-state index in [1.807, 2.05) is 30.3 Å². The van der Waals surface area contributed by atoms with Gasteiger partial charge in [0, 0.05) is 27.8 Å². The van der Waals surface area contributed by atoms with Crippen LogP contribution in [0.1, 0.15) is 0 Å². The molecular formula is C28H21ClN2O4S. The second-order valence-corrected chi connectivity index (χ2v) is 10.4. The summed E-state index contributed by atoms with van der Waals surface area (Å²) in [5, 5.41) is 3.85. The summed E-state index contributed by atoms with van der Waals surface area (Å²) >= 11 is 5.93. The zero-order valence-corrected chi connectivity index (χ0v) is 20.5. The number of fused-ring (bicyclic) bond motifs is 1. The summed E-state index contributed by atoms with van der Waals surface area (Å²) < 4.78 is 34.1. The fraction of sp³-hybridized carbons (Fsp3) is 0.0357. The van der Waals surface area contributed by atoms with Crippen LogP contribution in [0.4, 0.5) is 5.69 Å². The zero-order valence-electron chi connectivity index (χ0n) is 19.0. The predicted molar refractivity (Wildman–Crippen MR) is 140 cm³/mol. The van der Waals surface area contributed by atoms with Crippen molar-refractivity contribution in [1.82, 2.24) is 4.57 Å². The van der Waals surface area contributed by atoms with Crippen LogP contribution >= 0.6 is 11.6 Å². The van der Waals surface area contributed by atoms with E-state index < -0.39 is 9.84 Å². The Hall–Kier alpha value is -4.07. The minimum atomic E-state index is -3.81. The molecule has 5 aromatic rings. The third-order valence-corrected chi connectivity index (χ3v) is 7.65. The first-order chi connectivity index (χ1) is 17.4. The minimum absolute atomic E-state index is 0.0566. The molecule has 1 N–H and O–H groups in total. The third kappa shape index (κ3) is 4.98. The van der Waals surface area contributed by atoms with Crippen molar-refractivity contribution >= 4 is 43.9 Å². The average molecular weight is 517 g/mol. The van der Waals surface area contributed by atoms with Gasteiger partial charge in [-0.05, 0) is 66.7 Å². The second kappa shape index (κ2) is 9.89. The van der Waals surface area contributed by atoms with E-state index in [0.717, 1.165) is 5.75 Å². The molecule has 1 aromatic heterocycles. The first kappa shape index (κ1) is 23.7. The van der Waals surface area contributed by atoms with E-state index in [9.17, 15) is 13.2 Å². The van der Waals surface area contributed by atoms with Gasteiger partial charge in [-0.25, -0.2) is 8.42 Å². The molecule has 0 atom stereocenters. The molecule has 1 amide bonds. The lowest BCUT2D eigenvalue weighted by Crippen LogP contribution is -2.18. The van der Waals surface area contributed by atoms with Gasteiger partial charge < -0.3 is 14.6 Å². The first-order valence-electron chi connectivity index (χ1n) is 11.1. The Kier molecular flexibility index (Phi) is 6.50. The fourth-order valence-corrected chi connectivity index (χ4v) is 5.49.